The van der Waals surface area contributed by atoms with Crippen LogP contribution in [0.3, 0.4) is 0 Å². The summed E-state index contributed by atoms with van der Waals surface area (Å²) in [5, 5.41) is 7.45. The van der Waals surface area contributed by atoms with E-state index in [1.54, 1.807) is 7.11 Å². The molecule has 0 bridgehead atoms. The van der Waals surface area contributed by atoms with Gasteiger partial charge in [-0.3, -0.25) is 14.6 Å². The second-order valence-electron chi connectivity index (χ2n) is 9.50. The number of piperazine rings is 1. The van der Waals surface area contributed by atoms with Gasteiger partial charge in [-0.25, -0.2) is 0 Å². The number of ether oxygens (including phenoxy) is 1. The molecule has 2 amide bonds. The molecule has 1 aliphatic rings. The standard InChI is InChI=1S/C30H31N5O3/c1-19-13-21(14-20-5-3-6-22(15-20)30(37)35-11-9-32-10-12-35)16-25-27(19)33-18-26(29(31)36)28(25)34-23-7-4-8-24(17-23)38-2/h3-8,13,15-18,32H,9-12,14H2,1-2H3,(H2,31,36)(H,33,34). The molecule has 0 aliphatic carbocycles. The van der Waals surface area contributed by atoms with Gasteiger partial charge in [-0.1, -0.05) is 24.3 Å². The lowest BCUT2D eigenvalue weighted by atomic mass is 9.97. The number of primary amides is 1. The Balaban J connectivity index is 1.51. The van der Waals surface area contributed by atoms with Crippen LogP contribution in [0, 0.1) is 6.92 Å². The minimum Gasteiger partial charge on any atom is -0.497 e. The molecule has 0 spiro atoms. The second-order valence-corrected chi connectivity index (χ2v) is 9.50. The van der Waals surface area contributed by atoms with Gasteiger partial charge in [0.1, 0.15) is 5.75 Å². The summed E-state index contributed by atoms with van der Waals surface area (Å²) < 4.78 is 5.35. The highest BCUT2D eigenvalue weighted by molar-refractivity contribution is 6.08. The van der Waals surface area contributed by atoms with Crippen molar-refractivity contribution in [2.45, 2.75) is 13.3 Å². The topological polar surface area (TPSA) is 110 Å². The van der Waals surface area contributed by atoms with Gasteiger partial charge in [0.25, 0.3) is 11.8 Å². The van der Waals surface area contributed by atoms with Gasteiger partial charge in [-0.15, -0.1) is 0 Å². The van der Waals surface area contributed by atoms with E-state index < -0.39 is 5.91 Å². The number of rotatable bonds is 7. The number of pyridine rings is 1. The molecule has 0 atom stereocenters. The van der Waals surface area contributed by atoms with Crippen LogP contribution in [0.15, 0.2) is 66.9 Å². The Morgan fingerprint density at radius 1 is 1.05 bits per heavy atom. The molecule has 1 aliphatic heterocycles. The zero-order valence-electron chi connectivity index (χ0n) is 21.6. The molecule has 8 nitrogen and oxygen atoms in total. The minimum absolute atomic E-state index is 0.0584. The van der Waals surface area contributed by atoms with Crippen LogP contribution in [0.2, 0.25) is 0 Å². The summed E-state index contributed by atoms with van der Waals surface area (Å²) in [4.78, 5) is 31.8. The molecular formula is C30H31N5O3. The van der Waals surface area contributed by atoms with Crippen LogP contribution in [-0.4, -0.2) is 55.0 Å². The van der Waals surface area contributed by atoms with Gasteiger partial charge in [-0.2, -0.15) is 0 Å². The molecular weight excluding hydrogens is 478 g/mol. The molecule has 1 aromatic heterocycles. The van der Waals surface area contributed by atoms with E-state index in [0.29, 0.717) is 42.1 Å². The number of aryl methyl sites for hydroxylation is 1. The summed E-state index contributed by atoms with van der Waals surface area (Å²) in [6, 6.07) is 19.4. The number of aromatic nitrogens is 1. The molecule has 1 saturated heterocycles. The van der Waals surface area contributed by atoms with E-state index in [0.717, 1.165) is 46.4 Å². The molecule has 38 heavy (non-hydrogen) atoms. The van der Waals surface area contributed by atoms with Crippen molar-refractivity contribution in [3.63, 3.8) is 0 Å². The van der Waals surface area contributed by atoms with Crippen molar-refractivity contribution < 1.29 is 14.3 Å². The number of nitrogens with one attached hydrogen (secondary N) is 2. The third-order valence-corrected chi connectivity index (χ3v) is 6.81. The summed E-state index contributed by atoms with van der Waals surface area (Å²) in [5.74, 6) is 0.191. The Morgan fingerprint density at radius 2 is 1.84 bits per heavy atom. The molecule has 1 fully saturated rings. The van der Waals surface area contributed by atoms with Crippen LogP contribution >= 0.6 is 0 Å². The van der Waals surface area contributed by atoms with E-state index in [9.17, 15) is 9.59 Å². The fourth-order valence-corrected chi connectivity index (χ4v) is 4.92. The van der Waals surface area contributed by atoms with Gasteiger partial charge < -0.3 is 26.0 Å². The maximum atomic E-state index is 13.0. The predicted octanol–water partition coefficient (Wildman–Crippen LogP) is 4.03. The number of benzene rings is 3. The molecule has 0 radical (unpaired) electrons. The fraction of sp³-hybridized carbons (Fsp3) is 0.233. The highest BCUT2D eigenvalue weighted by atomic mass is 16.5. The lowest BCUT2D eigenvalue weighted by Gasteiger charge is -2.27. The lowest BCUT2D eigenvalue weighted by molar-refractivity contribution is 0.0735. The monoisotopic (exact) mass is 509 g/mol. The zero-order valence-corrected chi connectivity index (χ0v) is 21.6. The second kappa shape index (κ2) is 10.9. The van der Waals surface area contributed by atoms with Crippen molar-refractivity contribution in [2.75, 3.05) is 38.6 Å². The molecule has 0 unspecified atom stereocenters. The van der Waals surface area contributed by atoms with Gasteiger partial charge in [0.2, 0.25) is 0 Å². The van der Waals surface area contributed by atoms with Crippen molar-refractivity contribution in [2.24, 2.45) is 5.73 Å². The molecule has 4 aromatic rings. The third kappa shape index (κ3) is 5.31. The number of hydrogen-bond acceptors (Lipinski definition) is 6. The van der Waals surface area contributed by atoms with Gasteiger partial charge in [-0.05, 0) is 60.4 Å². The van der Waals surface area contributed by atoms with E-state index in [1.165, 1.54) is 6.20 Å². The quantitative estimate of drug-likeness (QED) is 0.347. The Morgan fingerprint density at radius 3 is 2.61 bits per heavy atom. The van der Waals surface area contributed by atoms with E-state index in [1.807, 2.05) is 66.4 Å². The average molecular weight is 510 g/mol. The zero-order chi connectivity index (χ0) is 26.6. The van der Waals surface area contributed by atoms with Crippen LogP contribution in [-0.2, 0) is 6.42 Å². The first-order valence-corrected chi connectivity index (χ1v) is 12.6. The third-order valence-electron chi connectivity index (χ3n) is 6.81. The summed E-state index contributed by atoms with van der Waals surface area (Å²) in [6.07, 6.45) is 2.14. The number of methoxy groups -OCH3 is 1. The van der Waals surface area contributed by atoms with E-state index in [-0.39, 0.29) is 5.91 Å². The minimum atomic E-state index is -0.563. The normalized spacial score (nSPS) is 13.4. The van der Waals surface area contributed by atoms with Crippen molar-refractivity contribution in [1.29, 1.82) is 0 Å². The van der Waals surface area contributed by atoms with Crippen LogP contribution in [0.4, 0.5) is 11.4 Å². The van der Waals surface area contributed by atoms with Crippen molar-refractivity contribution >= 4 is 34.1 Å². The van der Waals surface area contributed by atoms with Crippen molar-refractivity contribution in [3.05, 3.63) is 94.7 Å². The van der Waals surface area contributed by atoms with Crippen LogP contribution in [0.1, 0.15) is 37.4 Å². The first-order chi connectivity index (χ1) is 18.4. The largest absolute Gasteiger partial charge is 0.497 e. The summed E-state index contributed by atoms with van der Waals surface area (Å²) in [5.41, 5.74) is 11.9. The lowest BCUT2D eigenvalue weighted by Crippen LogP contribution is -2.46. The highest BCUT2D eigenvalue weighted by Crippen LogP contribution is 2.33. The summed E-state index contributed by atoms with van der Waals surface area (Å²) in [6.45, 7) is 5.06. The van der Waals surface area contributed by atoms with E-state index in [4.69, 9.17) is 10.5 Å². The number of anilines is 2. The molecule has 8 heteroatoms. The van der Waals surface area contributed by atoms with Crippen LogP contribution in [0.25, 0.3) is 10.9 Å². The molecule has 5 rings (SSSR count). The number of nitrogens with two attached hydrogens (primary N) is 1. The molecule has 2 heterocycles. The van der Waals surface area contributed by atoms with E-state index >= 15 is 0 Å². The van der Waals surface area contributed by atoms with Gasteiger partial charge >= 0.3 is 0 Å². The molecule has 0 saturated carbocycles. The number of carbonyl (C=O) groups excluding carboxylic acids is 2. The molecule has 194 valence electrons. The van der Waals surface area contributed by atoms with Gasteiger partial charge in [0.15, 0.2) is 0 Å². The predicted molar refractivity (Wildman–Crippen MR) is 149 cm³/mol. The SMILES string of the molecule is COc1cccc(Nc2c(C(N)=O)cnc3c(C)cc(Cc4cccc(C(=O)N5CCNCC5)c4)cc23)c1. The van der Waals surface area contributed by atoms with Gasteiger partial charge in [0.05, 0.1) is 23.9 Å². The smallest absolute Gasteiger partial charge is 0.253 e. The number of amides is 2. The number of nitrogens with zero attached hydrogens (tertiary/aromatic N) is 2. The number of hydrogen-bond donors (Lipinski definition) is 3. The summed E-state index contributed by atoms with van der Waals surface area (Å²) >= 11 is 0. The Bertz CT molecular complexity index is 1510. The first-order valence-electron chi connectivity index (χ1n) is 12.6. The first kappa shape index (κ1) is 25.2. The molecule has 4 N–H and O–H groups in total. The maximum absolute atomic E-state index is 13.0. The van der Waals surface area contributed by atoms with Crippen molar-refractivity contribution in [1.82, 2.24) is 15.2 Å². The number of fused-ring (bicyclic) bond motifs is 1. The van der Waals surface area contributed by atoms with Crippen LogP contribution < -0.4 is 21.1 Å². The van der Waals surface area contributed by atoms with Crippen LogP contribution in [0.5, 0.6) is 5.75 Å². The molecule has 3 aromatic carbocycles. The van der Waals surface area contributed by atoms with Gasteiger partial charge in [0, 0.05) is 55.1 Å². The average Bonchev–Trinajstić information content (AvgIpc) is 2.93. The fourth-order valence-electron chi connectivity index (χ4n) is 4.92. The Kier molecular flexibility index (Phi) is 7.24. The Hall–Kier alpha value is -4.43. The van der Waals surface area contributed by atoms with Crippen molar-refractivity contribution in [3.8, 4) is 5.75 Å². The summed E-state index contributed by atoms with van der Waals surface area (Å²) in [7, 11) is 1.61. The number of carbonyl (C=O) groups is 2. The maximum Gasteiger partial charge on any atom is 0.253 e. The highest BCUT2D eigenvalue weighted by Gasteiger charge is 2.19. The van der Waals surface area contributed by atoms with E-state index in [2.05, 4.69) is 21.7 Å². The Labute approximate surface area is 221 Å².